The average Bonchev–Trinajstić information content (AvgIpc) is 2.16. The molecule has 0 spiro atoms. The molecule has 16 heavy (non-hydrogen) atoms. The van der Waals surface area contributed by atoms with Gasteiger partial charge in [-0.05, 0) is 19.1 Å². The Hall–Kier alpha value is -1.79. The van der Waals surface area contributed by atoms with E-state index in [4.69, 9.17) is 5.11 Å². The molecule has 4 nitrogen and oxygen atoms in total. The third-order valence-electron chi connectivity index (χ3n) is 1.82. The zero-order valence-electron chi connectivity index (χ0n) is 8.25. The number of anilines is 1. The van der Waals surface area contributed by atoms with Crippen molar-refractivity contribution < 1.29 is 23.1 Å². The Morgan fingerprint density at radius 3 is 2.69 bits per heavy atom. The van der Waals surface area contributed by atoms with E-state index in [0.717, 1.165) is 18.3 Å². The van der Waals surface area contributed by atoms with Gasteiger partial charge < -0.3 is 10.4 Å². The van der Waals surface area contributed by atoms with Gasteiger partial charge in [-0.2, -0.15) is 13.2 Å². The summed E-state index contributed by atoms with van der Waals surface area (Å²) in [5.41, 5.74) is -0.873. The summed E-state index contributed by atoms with van der Waals surface area (Å²) in [7, 11) is 0. The second-order valence-corrected chi connectivity index (χ2v) is 3.13. The number of pyridine rings is 1. The third-order valence-corrected chi connectivity index (χ3v) is 1.82. The monoisotopic (exact) mass is 234 g/mol. The fraction of sp³-hybridized carbons (Fsp3) is 0.333. The molecule has 0 saturated heterocycles. The third kappa shape index (κ3) is 3.11. The van der Waals surface area contributed by atoms with Crippen LogP contribution in [0.25, 0.3) is 0 Å². The first-order chi connectivity index (χ1) is 7.30. The Kier molecular flexibility index (Phi) is 3.36. The lowest BCUT2D eigenvalue weighted by Crippen LogP contribution is -2.26. The van der Waals surface area contributed by atoms with Crippen molar-refractivity contribution in [3.63, 3.8) is 0 Å². The second kappa shape index (κ2) is 4.38. The summed E-state index contributed by atoms with van der Waals surface area (Å²) >= 11 is 0. The van der Waals surface area contributed by atoms with E-state index in [-0.39, 0.29) is 5.82 Å². The number of hydrogen-bond acceptors (Lipinski definition) is 3. The molecule has 0 fully saturated rings. The van der Waals surface area contributed by atoms with E-state index < -0.39 is 23.8 Å². The van der Waals surface area contributed by atoms with Crippen LogP contribution in [-0.2, 0) is 11.0 Å². The van der Waals surface area contributed by atoms with Crippen LogP contribution in [0.15, 0.2) is 18.3 Å². The van der Waals surface area contributed by atoms with E-state index in [2.05, 4.69) is 10.3 Å². The van der Waals surface area contributed by atoms with E-state index in [1.807, 2.05) is 0 Å². The number of aromatic nitrogens is 1. The molecule has 0 aliphatic heterocycles. The average molecular weight is 234 g/mol. The smallest absolute Gasteiger partial charge is 0.416 e. The van der Waals surface area contributed by atoms with Crippen LogP contribution in [-0.4, -0.2) is 22.1 Å². The van der Waals surface area contributed by atoms with E-state index >= 15 is 0 Å². The summed E-state index contributed by atoms with van der Waals surface area (Å²) in [5.74, 6) is -1.29. The van der Waals surface area contributed by atoms with Crippen molar-refractivity contribution in [2.45, 2.75) is 19.1 Å². The standard InChI is InChI=1S/C9H9F3N2O2/c1-5(8(15)16)14-7-4-6(2-3-13-7)9(10,11)12/h2-5H,1H3,(H,13,14)(H,15,16)/t5-/m1/s1. The number of halogens is 3. The molecule has 0 amide bonds. The molecule has 7 heteroatoms. The number of carboxylic acid groups (broad SMARTS) is 1. The van der Waals surface area contributed by atoms with Crippen LogP contribution in [0, 0.1) is 0 Å². The van der Waals surface area contributed by atoms with E-state index in [0.29, 0.717) is 0 Å². The molecule has 1 heterocycles. The Morgan fingerprint density at radius 2 is 2.19 bits per heavy atom. The number of nitrogens with one attached hydrogen (secondary N) is 1. The summed E-state index contributed by atoms with van der Waals surface area (Å²) in [5, 5.41) is 10.9. The first-order valence-corrected chi connectivity index (χ1v) is 4.33. The molecule has 2 N–H and O–H groups in total. The number of hydrogen-bond donors (Lipinski definition) is 2. The molecule has 0 radical (unpaired) electrons. The number of nitrogens with zero attached hydrogens (tertiary/aromatic N) is 1. The summed E-state index contributed by atoms with van der Waals surface area (Å²) in [6.45, 7) is 1.31. The minimum atomic E-state index is -4.47. The van der Waals surface area contributed by atoms with Gasteiger partial charge in [-0.3, -0.25) is 4.79 Å². The molecule has 0 aromatic carbocycles. The van der Waals surface area contributed by atoms with Crippen molar-refractivity contribution in [1.82, 2.24) is 4.98 Å². The first kappa shape index (κ1) is 12.3. The zero-order chi connectivity index (χ0) is 12.3. The van der Waals surface area contributed by atoms with Gasteiger partial charge in [0.2, 0.25) is 0 Å². The lowest BCUT2D eigenvalue weighted by Gasteiger charge is -2.12. The molecule has 0 aliphatic carbocycles. The maximum Gasteiger partial charge on any atom is 0.416 e. The second-order valence-electron chi connectivity index (χ2n) is 3.13. The van der Waals surface area contributed by atoms with Gasteiger partial charge >= 0.3 is 12.1 Å². The topological polar surface area (TPSA) is 62.2 Å². The van der Waals surface area contributed by atoms with E-state index in [1.165, 1.54) is 6.92 Å². The normalized spacial score (nSPS) is 13.2. The summed E-state index contributed by atoms with van der Waals surface area (Å²) in [6.07, 6.45) is -3.49. The highest BCUT2D eigenvalue weighted by Crippen LogP contribution is 2.29. The highest BCUT2D eigenvalue weighted by Gasteiger charge is 2.30. The molecular formula is C9H9F3N2O2. The number of carboxylic acids is 1. The van der Waals surface area contributed by atoms with Gasteiger partial charge in [-0.15, -0.1) is 0 Å². The molecular weight excluding hydrogens is 225 g/mol. The molecule has 88 valence electrons. The first-order valence-electron chi connectivity index (χ1n) is 4.33. The Morgan fingerprint density at radius 1 is 1.56 bits per heavy atom. The predicted molar refractivity (Wildman–Crippen MR) is 50.0 cm³/mol. The van der Waals surface area contributed by atoms with Gasteiger partial charge in [-0.1, -0.05) is 0 Å². The number of carbonyl (C=O) groups is 1. The van der Waals surface area contributed by atoms with Gasteiger partial charge in [0.1, 0.15) is 11.9 Å². The fourth-order valence-corrected chi connectivity index (χ4v) is 0.969. The maximum absolute atomic E-state index is 12.3. The minimum absolute atomic E-state index is 0.121. The molecule has 0 aliphatic rings. The Balaban J connectivity index is 2.87. The van der Waals surface area contributed by atoms with Crippen LogP contribution in [0.5, 0.6) is 0 Å². The predicted octanol–water partition coefficient (Wildman–Crippen LogP) is 1.99. The van der Waals surface area contributed by atoms with Gasteiger partial charge in [0.05, 0.1) is 5.56 Å². The summed E-state index contributed by atoms with van der Waals surface area (Å²) in [6, 6.07) is 0.576. The Bertz CT molecular complexity index is 393. The number of alkyl halides is 3. The van der Waals surface area contributed by atoms with Crippen molar-refractivity contribution in [2.75, 3.05) is 5.32 Å². The summed E-state index contributed by atoms with van der Waals surface area (Å²) in [4.78, 5) is 14.1. The van der Waals surface area contributed by atoms with Crippen LogP contribution in [0.4, 0.5) is 19.0 Å². The van der Waals surface area contributed by atoms with Crippen molar-refractivity contribution >= 4 is 11.8 Å². The molecule has 0 unspecified atom stereocenters. The van der Waals surface area contributed by atoms with Crippen LogP contribution in [0.1, 0.15) is 12.5 Å². The highest BCUT2D eigenvalue weighted by molar-refractivity contribution is 5.76. The highest BCUT2D eigenvalue weighted by atomic mass is 19.4. The van der Waals surface area contributed by atoms with Gasteiger partial charge in [-0.25, -0.2) is 4.98 Å². The number of rotatable bonds is 3. The van der Waals surface area contributed by atoms with E-state index in [1.54, 1.807) is 0 Å². The van der Waals surface area contributed by atoms with Crippen molar-refractivity contribution in [3.05, 3.63) is 23.9 Å². The molecule has 1 aromatic rings. The lowest BCUT2D eigenvalue weighted by atomic mass is 10.2. The largest absolute Gasteiger partial charge is 0.480 e. The van der Waals surface area contributed by atoms with Crippen molar-refractivity contribution in [1.29, 1.82) is 0 Å². The van der Waals surface area contributed by atoms with Crippen molar-refractivity contribution in [2.24, 2.45) is 0 Å². The van der Waals surface area contributed by atoms with E-state index in [9.17, 15) is 18.0 Å². The molecule has 0 saturated carbocycles. The lowest BCUT2D eigenvalue weighted by molar-refractivity contribution is -0.138. The Labute approximate surface area is 89.1 Å². The van der Waals surface area contributed by atoms with Gasteiger partial charge in [0.15, 0.2) is 0 Å². The maximum atomic E-state index is 12.3. The van der Waals surface area contributed by atoms with Crippen LogP contribution in [0.3, 0.4) is 0 Å². The van der Waals surface area contributed by atoms with Gasteiger partial charge in [0.25, 0.3) is 0 Å². The SMILES string of the molecule is C[C@@H](Nc1cc(C(F)(F)F)ccn1)C(=O)O. The molecule has 0 bridgehead atoms. The fourth-order valence-electron chi connectivity index (χ4n) is 0.969. The quantitative estimate of drug-likeness (QED) is 0.839. The molecule has 1 atom stereocenters. The molecule has 1 rings (SSSR count). The number of aliphatic carboxylic acids is 1. The van der Waals surface area contributed by atoms with Crippen LogP contribution >= 0.6 is 0 Å². The zero-order valence-corrected chi connectivity index (χ0v) is 8.25. The van der Waals surface area contributed by atoms with Gasteiger partial charge in [0, 0.05) is 6.20 Å². The van der Waals surface area contributed by atoms with Crippen LogP contribution < -0.4 is 5.32 Å². The molecule has 1 aromatic heterocycles. The summed E-state index contributed by atoms with van der Waals surface area (Å²) < 4.78 is 36.9. The van der Waals surface area contributed by atoms with Crippen LogP contribution in [0.2, 0.25) is 0 Å². The van der Waals surface area contributed by atoms with Crippen molar-refractivity contribution in [3.8, 4) is 0 Å². The minimum Gasteiger partial charge on any atom is -0.480 e.